The molecular formula is C18H17NO4. The van der Waals surface area contributed by atoms with E-state index in [4.69, 9.17) is 14.0 Å². The molecule has 3 aromatic rings. The van der Waals surface area contributed by atoms with Gasteiger partial charge in [-0.3, -0.25) is 0 Å². The molecule has 0 aliphatic rings. The first-order valence-corrected chi connectivity index (χ1v) is 7.43. The number of nitrogens with zero attached hydrogens (tertiary/aromatic N) is 1. The molecule has 0 aliphatic heterocycles. The zero-order chi connectivity index (χ0) is 16.2. The van der Waals surface area contributed by atoms with E-state index in [-0.39, 0.29) is 12.6 Å². The number of carbonyl (C=O) groups is 1. The molecule has 0 amide bonds. The van der Waals surface area contributed by atoms with E-state index in [1.54, 1.807) is 6.92 Å². The lowest BCUT2D eigenvalue weighted by Crippen LogP contribution is -2.14. The van der Waals surface area contributed by atoms with Gasteiger partial charge in [-0.1, -0.05) is 47.6 Å². The monoisotopic (exact) mass is 311 g/mol. The third-order valence-corrected chi connectivity index (χ3v) is 3.52. The molecule has 23 heavy (non-hydrogen) atoms. The van der Waals surface area contributed by atoms with E-state index in [9.17, 15) is 4.79 Å². The van der Waals surface area contributed by atoms with Crippen molar-refractivity contribution in [3.63, 3.8) is 0 Å². The molecule has 5 nitrogen and oxygen atoms in total. The number of aromatic nitrogens is 1. The predicted molar refractivity (Wildman–Crippen MR) is 86.3 cm³/mol. The predicted octanol–water partition coefficient (Wildman–Crippen LogP) is 3.75. The summed E-state index contributed by atoms with van der Waals surface area (Å²) in [7, 11) is 0. The van der Waals surface area contributed by atoms with Crippen LogP contribution in [-0.4, -0.2) is 24.3 Å². The van der Waals surface area contributed by atoms with Crippen molar-refractivity contribution in [2.24, 2.45) is 0 Å². The summed E-state index contributed by atoms with van der Waals surface area (Å²) in [6, 6.07) is 14.0. The van der Waals surface area contributed by atoms with Gasteiger partial charge in [-0.15, -0.1) is 0 Å². The van der Waals surface area contributed by atoms with Crippen molar-refractivity contribution in [2.45, 2.75) is 13.8 Å². The van der Waals surface area contributed by atoms with Gasteiger partial charge in [0.15, 0.2) is 6.61 Å². The summed E-state index contributed by atoms with van der Waals surface area (Å²) >= 11 is 0. The van der Waals surface area contributed by atoms with E-state index in [0.29, 0.717) is 12.3 Å². The molecule has 0 N–H and O–H groups in total. The molecule has 5 heteroatoms. The summed E-state index contributed by atoms with van der Waals surface area (Å²) in [5.41, 5.74) is 2.42. The van der Waals surface area contributed by atoms with E-state index < -0.39 is 5.97 Å². The van der Waals surface area contributed by atoms with Gasteiger partial charge in [0.05, 0.1) is 17.9 Å². The molecule has 0 bridgehead atoms. The van der Waals surface area contributed by atoms with Crippen LogP contribution in [0.3, 0.4) is 0 Å². The van der Waals surface area contributed by atoms with Gasteiger partial charge < -0.3 is 14.0 Å². The van der Waals surface area contributed by atoms with E-state index in [0.717, 1.165) is 21.9 Å². The van der Waals surface area contributed by atoms with Gasteiger partial charge in [0.2, 0.25) is 0 Å². The molecule has 118 valence electrons. The first kappa shape index (κ1) is 15.1. The van der Waals surface area contributed by atoms with Crippen LogP contribution in [0.5, 0.6) is 5.95 Å². The van der Waals surface area contributed by atoms with Crippen LogP contribution >= 0.6 is 0 Å². The summed E-state index contributed by atoms with van der Waals surface area (Å²) < 4.78 is 15.6. The number of carbonyl (C=O) groups excluding carboxylic acids is 1. The van der Waals surface area contributed by atoms with E-state index in [2.05, 4.69) is 5.16 Å². The van der Waals surface area contributed by atoms with Crippen molar-refractivity contribution in [3.8, 4) is 17.1 Å². The van der Waals surface area contributed by atoms with Gasteiger partial charge in [0.25, 0.3) is 0 Å². The Balaban J connectivity index is 1.99. The molecule has 0 radical (unpaired) electrons. The molecule has 0 saturated carbocycles. The van der Waals surface area contributed by atoms with E-state index in [1.807, 2.05) is 49.4 Å². The van der Waals surface area contributed by atoms with Crippen molar-refractivity contribution in [2.75, 3.05) is 13.2 Å². The molecular weight excluding hydrogens is 294 g/mol. The van der Waals surface area contributed by atoms with Gasteiger partial charge >= 0.3 is 11.9 Å². The van der Waals surface area contributed by atoms with Crippen molar-refractivity contribution in [3.05, 3.63) is 48.2 Å². The number of benzene rings is 2. The second kappa shape index (κ2) is 6.52. The highest BCUT2D eigenvalue weighted by Crippen LogP contribution is 2.37. The fourth-order valence-corrected chi connectivity index (χ4v) is 2.52. The van der Waals surface area contributed by atoms with Gasteiger partial charge in [0.1, 0.15) is 0 Å². The Labute approximate surface area is 133 Å². The van der Waals surface area contributed by atoms with Crippen molar-refractivity contribution in [1.82, 2.24) is 5.16 Å². The maximum atomic E-state index is 11.5. The number of hydrogen-bond acceptors (Lipinski definition) is 5. The smallest absolute Gasteiger partial charge is 0.344 e. The molecule has 0 atom stereocenters. The molecule has 0 aliphatic carbocycles. The third-order valence-electron chi connectivity index (χ3n) is 3.52. The molecule has 1 heterocycles. The first-order chi connectivity index (χ1) is 11.2. The van der Waals surface area contributed by atoms with Crippen molar-refractivity contribution >= 4 is 16.7 Å². The zero-order valence-electron chi connectivity index (χ0n) is 13.0. The Morgan fingerprint density at radius 2 is 1.96 bits per heavy atom. The first-order valence-electron chi connectivity index (χ1n) is 7.43. The van der Waals surface area contributed by atoms with Crippen LogP contribution in [0.4, 0.5) is 0 Å². The average molecular weight is 311 g/mol. The molecule has 0 saturated heterocycles. The minimum absolute atomic E-state index is 0.208. The number of aryl methyl sites for hydroxylation is 1. The van der Waals surface area contributed by atoms with Crippen LogP contribution in [0, 0.1) is 6.92 Å². The standard InChI is InChI=1S/C18H17NO4/c1-3-21-16(20)11-22-18-17(12(2)19-23-18)15-10-6-8-13-7-4-5-9-14(13)15/h4-10H,3,11H2,1-2H3. The Kier molecular flexibility index (Phi) is 4.28. The van der Waals surface area contributed by atoms with Crippen LogP contribution in [-0.2, 0) is 9.53 Å². The largest absolute Gasteiger partial charge is 0.463 e. The number of fused-ring (bicyclic) bond motifs is 1. The molecule has 0 unspecified atom stereocenters. The summed E-state index contributed by atoms with van der Waals surface area (Å²) in [6.45, 7) is 3.70. The molecule has 0 spiro atoms. The maximum absolute atomic E-state index is 11.5. The number of esters is 1. The summed E-state index contributed by atoms with van der Waals surface area (Å²) in [5.74, 6) is -0.211. The second-order valence-corrected chi connectivity index (χ2v) is 5.05. The third kappa shape index (κ3) is 3.04. The fourth-order valence-electron chi connectivity index (χ4n) is 2.52. The van der Waals surface area contributed by atoms with Crippen LogP contribution in [0.25, 0.3) is 21.9 Å². The lowest BCUT2D eigenvalue weighted by atomic mass is 9.99. The Morgan fingerprint density at radius 1 is 1.17 bits per heavy atom. The Bertz CT molecular complexity index is 833. The van der Waals surface area contributed by atoms with Crippen molar-refractivity contribution < 1.29 is 18.8 Å². The lowest BCUT2D eigenvalue weighted by molar-refractivity contribution is -0.145. The van der Waals surface area contributed by atoms with Gasteiger partial charge in [-0.25, -0.2) is 4.79 Å². The molecule has 2 aromatic carbocycles. The highest BCUT2D eigenvalue weighted by atomic mass is 16.6. The second-order valence-electron chi connectivity index (χ2n) is 5.05. The van der Waals surface area contributed by atoms with Crippen LogP contribution in [0.1, 0.15) is 12.6 Å². The minimum atomic E-state index is -0.439. The summed E-state index contributed by atoms with van der Waals surface area (Å²) in [4.78, 5) is 11.5. The maximum Gasteiger partial charge on any atom is 0.344 e. The zero-order valence-corrected chi connectivity index (χ0v) is 13.0. The fraction of sp³-hybridized carbons (Fsp3) is 0.222. The quantitative estimate of drug-likeness (QED) is 0.672. The van der Waals surface area contributed by atoms with Gasteiger partial charge in [-0.2, -0.15) is 0 Å². The highest BCUT2D eigenvalue weighted by molar-refractivity contribution is 5.98. The van der Waals surface area contributed by atoms with Crippen molar-refractivity contribution in [1.29, 1.82) is 0 Å². The van der Waals surface area contributed by atoms with Gasteiger partial charge in [0, 0.05) is 0 Å². The number of ether oxygens (including phenoxy) is 2. The van der Waals surface area contributed by atoms with Crippen LogP contribution in [0.15, 0.2) is 47.0 Å². The minimum Gasteiger partial charge on any atom is -0.463 e. The average Bonchev–Trinajstić information content (AvgIpc) is 2.93. The lowest BCUT2D eigenvalue weighted by Gasteiger charge is -2.08. The van der Waals surface area contributed by atoms with E-state index in [1.165, 1.54) is 0 Å². The summed E-state index contributed by atoms with van der Waals surface area (Å²) in [6.07, 6.45) is 0. The highest BCUT2D eigenvalue weighted by Gasteiger charge is 2.19. The number of hydrogen-bond donors (Lipinski definition) is 0. The Hall–Kier alpha value is -2.82. The molecule has 1 aromatic heterocycles. The SMILES string of the molecule is CCOC(=O)COc1onc(C)c1-c1cccc2ccccc12. The normalized spacial score (nSPS) is 10.7. The van der Waals surface area contributed by atoms with Crippen LogP contribution in [0.2, 0.25) is 0 Å². The molecule has 0 fully saturated rings. The van der Waals surface area contributed by atoms with Gasteiger partial charge in [-0.05, 0) is 30.2 Å². The molecule has 3 rings (SSSR count). The Morgan fingerprint density at radius 3 is 2.78 bits per heavy atom. The summed E-state index contributed by atoms with van der Waals surface area (Å²) in [5, 5.41) is 6.16. The van der Waals surface area contributed by atoms with Crippen LogP contribution < -0.4 is 4.74 Å². The topological polar surface area (TPSA) is 61.6 Å². The number of rotatable bonds is 5. The van der Waals surface area contributed by atoms with E-state index >= 15 is 0 Å².